The fraction of sp³-hybridized carbons (Fsp3) is 0.0833. The van der Waals surface area contributed by atoms with Crippen molar-refractivity contribution in [1.82, 2.24) is 9.55 Å². The molecule has 0 fully saturated rings. The minimum Gasteiger partial charge on any atom is -0.399 e. The molecular formula is C12H11ClN4O2. The number of rotatable bonds is 3. The van der Waals surface area contributed by atoms with Crippen LogP contribution in [0.15, 0.2) is 41.6 Å². The van der Waals surface area contributed by atoms with Gasteiger partial charge in [-0.2, -0.15) is 0 Å². The molecule has 0 aliphatic rings. The molecule has 1 aromatic carbocycles. The Bertz CT molecular complexity index is 669. The first-order valence-electron chi connectivity index (χ1n) is 5.41. The minimum absolute atomic E-state index is 0.132. The Morgan fingerprint density at radius 1 is 1.42 bits per heavy atom. The van der Waals surface area contributed by atoms with Gasteiger partial charge in [0.15, 0.2) is 0 Å². The summed E-state index contributed by atoms with van der Waals surface area (Å²) in [6.07, 6.45) is 2.67. The van der Waals surface area contributed by atoms with E-state index < -0.39 is 0 Å². The fourth-order valence-electron chi connectivity index (χ4n) is 1.47. The quantitative estimate of drug-likeness (QED) is 0.823. The van der Waals surface area contributed by atoms with Crippen LogP contribution in [-0.4, -0.2) is 15.5 Å². The van der Waals surface area contributed by atoms with E-state index in [-0.39, 0.29) is 18.0 Å². The summed E-state index contributed by atoms with van der Waals surface area (Å²) in [5, 5.41) is 2.94. The molecule has 0 aliphatic carbocycles. The van der Waals surface area contributed by atoms with Crippen LogP contribution in [0.2, 0.25) is 5.02 Å². The van der Waals surface area contributed by atoms with Crippen LogP contribution >= 0.6 is 11.6 Å². The average Bonchev–Trinajstić information content (AvgIpc) is 2.36. The first kappa shape index (κ1) is 13.1. The van der Waals surface area contributed by atoms with Crippen LogP contribution in [0.4, 0.5) is 11.4 Å². The summed E-state index contributed by atoms with van der Waals surface area (Å²) < 4.78 is 1.19. The van der Waals surface area contributed by atoms with Crippen LogP contribution < -0.4 is 16.6 Å². The van der Waals surface area contributed by atoms with E-state index in [0.29, 0.717) is 16.4 Å². The van der Waals surface area contributed by atoms with Crippen molar-refractivity contribution >= 4 is 28.9 Å². The van der Waals surface area contributed by atoms with Gasteiger partial charge in [-0.25, -0.2) is 4.98 Å². The van der Waals surface area contributed by atoms with E-state index >= 15 is 0 Å². The maximum atomic E-state index is 11.8. The van der Waals surface area contributed by atoms with E-state index in [1.54, 1.807) is 12.1 Å². The SMILES string of the molecule is Nc1ccc(NC(=O)Cn2cnccc2=O)c(Cl)c1. The highest BCUT2D eigenvalue weighted by Crippen LogP contribution is 2.23. The summed E-state index contributed by atoms with van der Waals surface area (Å²) in [6, 6.07) is 6.04. The zero-order chi connectivity index (χ0) is 13.8. The zero-order valence-electron chi connectivity index (χ0n) is 9.84. The van der Waals surface area contributed by atoms with Gasteiger partial charge in [0.1, 0.15) is 6.54 Å². The van der Waals surface area contributed by atoms with Gasteiger partial charge in [-0.05, 0) is 18.2 Å². The predicted octanol–water partition coefficient (Wildman–Crippen LogP) is 1.12. The Morgan fingerprint density at radius 3 is 2.89 bits per heavy atom. The third kappa shape index (κ3) is 3.32. The van der Waals surface area contributed by atoms with Gasteiger partial charge >= 0.3 is 0 Å². The lowest BCUT2D eigenvalue weighted by Crippen LogP contribution is -2.27. The van der Waals surface area contributed by atoms with Crippen molar-refractivity contribution in [2.75, 3.05) is 11.1 Å². The van der Waals surface area contributed by atoms with Crippen molar-refractivity contribution in [2.45, 2.75) is 6.54 Å². The van der Waals surface area contributed by atoms with Gasteiger partial charge < -0.3 is 11.1 Å². The highest BCUT2D eigenvalue weighted by atomic mass is 35.5. The van der Waals surface area contributed by atoms with Crippen LogP contribution in [0, 0.1) is 0 Å². The van der Waals surface area contributed by atoms with Gasteiger partial charge in [-0.1, -0.05) is 11.6 Å². The van der Waals surface area contributed by atoms with Gasteiger partial charge in [0, 0.05) is 18.0 Å². The lowest BCUT2D eigenvalue weighted by Gasteiger charge is -2.08. The molecule has 7 heteroatoms. The number of hydrogen-bond donors (Lipinski definition) is 2. The van der Waals surface area contributed by atoms with Crippen molar-refractivity contribution < 1.29 is 4.79 Å². The molecule has 0 bridgehead atoms. The summed E-state index contributed by atoms with van der Waals surface area (Å²) in [4.78, 5) is 27.0. The Morgan fingerprint density at radius 2 is 2.21 bits per heavy atom. The number of aromatic nitrogens is 2. The molecule has 1 amide bonds. The molecule has 0 atom stereocenters. The number of carbonyl (C=O) groups excluding carboxylic acids is 1. The largest absolute Gasteiger partial charge is 0.399 e. The second-order valence-corrected chi connectivity index (χ2v) is 4.24. The fourth-order valence-corrected chi connectivity index (χ4v) is 1.71. The number of carbonyl (C=O) groups is 1. The van der Waals surface area contributed by atoms with E-state index in [4.69, 9.17) is 17.3 Å². The molecule has 0 radical (unpaired) electrons. The third-order valence-corrected chi connectivity index (χ3v) is 2.69. The lowest BCUT2D eigenvalue weighted by molar-refractivity contribution is -0.116. The van der Waals surface area contributed by atoms with Crippen LogP contribution in [-0.2, 0) is 11.3 Å². The van der Waals surface area contributed by atoms with Gasteiger partial charge in [-0.3, -0.25) is 14.2 Å². The molecular weight excluding hydrogens is 268 g/mol. The maximum absolute atomic E-state index is 11.8. The van der Waals surface area contributed by atoms with E-state index in [1.807, 2.05) is 0 Å². The van der Waals surface area contributed by atoms with Gasteiger partial charge in [0.2, 0.25) is 5.91 Å². The summed E-state index contributed by atoms with van der Waals surface area (Å²) in [7, 11) is 0. The average molecular weight is 279 g/mol. The Balaban J connectivity index is 2.10. The molecule has 0 saturated heterocycles. The second kappa shape index (κ2) is 5.53. The summed E-state index contributed by atoms with van der Waals surface area (Å²) in [5.74, 6) is -0.373. The number of nitrogens with zero attached hydrogens (tertiary/aromatic N) is 2. The van der Waals surface area contributed by atoms with E-state index in [1.165, 1.54) is 29.2 Å². The van der Waals surface area contributed by atoms with E-state index in [0.717, 1.165) is 0 Å². The van der Waals surface area contributed by atoms with Crippen molar-refractivity contribution in [1.29, 1.82) is 0 Å². The highest BCUT2D eigenvalue weighted by molar-refractivity contribution is 6.34. The smallest absolute Gasteiger partial charge is 0.253 e. The number of benzene rings is 1. The number of nitrogens with one attached hydrogen (secondary N) is 1. The molecule has 0 aliphatic heterocycles. The molecule has 1 heterocycles. The van der Waals surface area contributed by atoms with Crippen molar-refractivity contribution in [3.8, 4) is 0 Å². The molecule has 2 rings (SSSR count). The van der Waals surface area contributed by atoms with Crippen molar-refractivity contribution in [2.24, 2.45) is 0 Å². The molecule has 0 spiro atoms. The summed E-state index contributed by atoms with van der Waals surface area (Å²) >= 11 is 5.93. The Kier molecular flexibility index (Phi) is 3.82. The van der Waals surface area contributed by atoms with Gasteiger partial charge in [-0.15, -0.1) is 0 Å². The Labute approximate surface area is 113 Å². The standard InChI is InChI=1S/C12H11ClN4O2/c13-9-5-8(14)1-2-10(9)16-11(18)6-17-7-15-4-3-12(17)19/h1-5,7H,6,14H2,(H,16,18). The first-order valence-corrected chi connectivity index (χ1v) is 5.79. The molecule has 98 valence electrons. The van der Waals surface area contributed by atoms with Crippen molar-refractivity contribution in [3.05, 3.63) is 52.2 Å². The van der Waals surface area contributed by atoms with E-state index in [9.17, 15) is 9.59 Å². The van der Waals surface area contributed by atoms with Gasteiger partial charge in [0.25, 0.3) is 5.56 Å². The number of hydrogen-bond acceptors (Lipinski definition) is 4. The van der Waals surface area contributed by atoms with Crippen LogP contribution in [0.3, 0.4) is 0 Å². The van der Waals surface area contributed by atoms with Crippen LogP contribution in [0.25, 0.3) is 0 Å². The molecule has 2 aromatic rings. The third-order valence-electron chi connectivity index (χ3n) is 2.37. The first-order chi connectivity index (χ1) is 9.06. The monoisotopic (exact) mass is 278 g/mol. The minimum atomic E-state index is -0.373. The summed E-state index contributed by atoms with van der Waals surface area (Å²) in [5.41, 5.74) is 6.20. The topological polar surface area (TPSA) is 90.0 Å². The highest BCUT2D eigenvalue weighted by Gasteiger charge is 2.07. The maximum Gasteiger partial charge on any atom is 0.253 e. The Hall–Kier alpha value is -2.34. The predicted molar refractivity (Wildman–Crippen MR) is 73.0 cm³/mol. The normalized spacial score (nSPS) is 10.2. The van der Waals surface area contributed by atoms with Gasteiger partial charge in [0.05, 0.1) is 17.0 Å². The molecule has 3 N–H and O–H groups in total. The lowest BCUT2D eigenvalue weighted by atomic mass is 10.3. The number of halogens is 1. The summed E-state index contributed by atoms with van der Waals surface area (Å²) in [6.45, 7) is -0.132. The van der Waals surface area contributed by atoms with Crippen LogP contribution in [0.5, 0.6) is 0 Å². The molecule has 19 heavy (non-hydrogen) atoms. The molecule has 1 aromatic heterocycles. The molecule has 6 nitrogen and oxygen atoms in total. The number of nitrogen functional groups attached to an aromatic ring is 1. The molecule has 0 unspecified atom stereocenters. The number of nitrogens with two attached hydrogens (primary N) is 1. The molecule has 0 saturated carbocycles. The van der Waals surface area contributed by atoms with Crippen molar-refractivity contribution in [3.63, 3.8) is 0 Å². The van der Waals surface area contributed by atoms with Crippen LogP contribution in [0.1, 0.15) is 0 Å². The number of amides is 1. The van der Waals surface area contributed by atoms with E-state index in [2.05, 4.69) is 10.3 Å². The zero-order valence-corrected chi connectivity index (χ0v) is 10.6. The number of anilines is 2. The second-order valence-electron chi connectivity index (χ2n) is 3.83.